The molecule has 5 rings (SSSR count). The number of hydrogen-bond acceptors (Lipinski definition) is 4. The summed E-state index contributed by atoms with van der Waals surface area (Å²) >= 11 is 15.0. The first-order valence-electron chi connectivity index (χ1n) is 11.3. The lowest BCUT2D eigenvalue weighted by molar-refractivity contribution is -0.274. The molecule has 1 atom stereocenters. The zero-order valence-corrected chi connectivity index (χ0v) is 21.1. The Hall–Kier alpha value is -2.39. The summed E-state index contributed by atoms with van der Waals surface area (Å²) in [6.45, 7) is -0.200. The molecule has 1 saturated carbocycles. The summed E-state index contributed by atoms with van der Waals surface area (Å²) in [7, 11) is 0. The molecule has 2 N–H and O–H groups in total. The van der Waals surface area contributed by atoms with Crippen LogP contribution in [0.25, 0.3) is 22.2 Å². The Bertz CT molecular complexity index is 1390. The number of imidazole rings is 1. The van der Waals surface area contributed by atoms with Crippen molar-refractivity contribution in [3.05, 3.63) is 76.0 Å². The van der Waals surface area contributed by atoms with E-state index in [0.717, 1.165) is 17.2 Å². The topological polar surface area (TPSA) is 58.1 Å². The normalized spacial score (nSPS) is 14.8. The van der Waals surface area contributed by atoms with E-state index in [1.807, 2.05) is 36.0 Å². The maximum Gasteiger partial charge on any atom is 0.573 e. The summed E-state index contributed by atoms with van der Waals surface area (Å²) in [6, 6.07) is 15.2. The molecular formula is C26H21Cl2F3N2O2S. The number of aromatic nitrogens is 2. The highest BCUT2D eigenvalue weighted by Crippen LogP contribution is 2.44. The van der Waals surface area contributed by atoms with Gasteiger partial charge in [0.2, 0.25) is 0 Å². The fraction of sp³-hybridized carbons (Fsp3) is 0.269. The predicted molar refractivity (Wildman–Crippen MR) is 137 cm³/mol. The summed E-state index contributed by atoms with van der Waals surface area (Å²) in [6.07, 6.45) is -2.27. The number of aromatic amines is 1. The van der Waals surface area contributed by atoms with Gasteiger partial charge < -0.3 is 14.8 Å². The van der Waals surface area contributed by atoms with Crippen molar-refractivity contribution in [1.29, 1.82) is 0 Å². The number of hydrogen-bond donors (Lipinski definition) is 2. The van der Waals surface area contributed by atoms with E-state index in [-0.39, 0.29) is 27.8 Å². The van der Waals surface area contributed by atoms with Crippen LogP contribution in [0.4, 0.5) is 13.2 Å². The van der Waals surface area contributed by atoms with Gasteiger partial charge in [-0.2, -0.15) is 0 Å². The van der Waals surface area contributed by atoms with E-state index in [4.69, 9.17) is 23.2 Å². The van der Waals surface area contributed by atoms with Crippen molar-refractivity contribution >= 4 is 46.0 Å². The number of halogens is 5. The SMILES string of the molecule is OCC(c1ccc(SCC2CC2)cc1)c1nc2c(Cl)c(-c3ccccc3OC(F)(F)F)c(Cl)cc2[nH]1. The van der Waals surface area contributed by atoms with E-state index in [1.54, 1.807) is 12.1 Å². The standard InChI is InChI=1S/C26H21Cl2F3N2O2S/c27-19-11-20-24(23(28)22(19)17-3-1-2-4-21(17)35-26(29,30)31)33-25(32-20)18(12-34)15-7-9-16(10-8-15)36-13-14-5-6-14/h1-4,7-11,14,18,34H,5-6,12-13H2,(H,32,33). The molecule has 0 bridgehead atoms. The van der Waals surface area contributed by atoms with Gasteiger partial charge in [-0.05, 0) is 48.6 Å². The van der Waals surface area contributed by atoms with E-state index in [0.29, 0.717) is 16.9 Å². The van der Waals surface area contributed by atoms with Crippen LogP contribution in [-0.2, 0) is 0 Å². The number of para-hydroxylation sites is 1. The van der Waals surface area contributed by atoms with Crippen LogP contribution >= 0.6 is 35.0 Å². The van der Waals surface area contributed by atoms with Crippen LogP contribution in [0.1, 0.15) is 30.1 Å². The average molecular weight is 553 g/mol. The van der Waals surface area contributed by atoms with Gasteiger partial charge in [-0.3, -0.25) is 0 Å². The number of nitrogens with one attached hydrogen (secondary N) is 1. The number of aliphatic hydroxyl groups excluding tert-OH is 1. The molecule has 0 spiro atoms. The lowest BCUT2D eigenvalue weighted by Gasteiger charge is -2.15. The molecule has 0 aliphatic heterocycles. The van der Waals surface area contributed by atoms with Crippen LogP contribution in [0.3, 0.4) is 0 Å². The molecular weight excluding hydrogens is 532 g/mol. The third-order valence-corrected chi connectivity index (χ3v) is 7.96. The smallest absolute Gasteiger partial charge is 0.405 e. The molecule has 3 aromatic carbocycles. The molecule has 1 aliphatic rings. The summed E-state index contributed by atoms with van der Waals surface area (Å²) in [5, 5.41) is 10.4. The van der Waals surface area contributed by atoms with Crippen LogP contribution in [0.2, 0.25) is 10.0 Å². The molecule has 0 radical (unpaired) electrons. The largest absolute Gasteiger partial charge is 0.573 e. The Morgan fingerprint density at radius 2 is 1.83 bits per heavy atom. The van der Waals surface area contributed by atoms with Gasteiger partial charge in [-0.1, -0.05) is 53.5 Å². The summed E-state index contributed by atoms with van der Waals surface area (Å²) in [5.74, 6) is 1.55. The summed E-state index contributed by atoms with van der Waals surface area (Å²) in [5.41, 5.74) is 1.99. The number of fused-ring (bicyclic) bond motifs is 1. The molecule has 1 aromatic heterocycles. The zero-order valence-electron chi connectivity index (χ0n) is 18.8. The molecule has 1 aliphatic carbocycles. The number of alkyl halides is 3. The van der Waals surface area contributed by atoms with E-state index in [2.05, 4.69) is 14.7 Å². The minimum atomic E-state index is -4.88. The van der Waals surface area contributed by atoms with Gasteiger partial charge in [0.05, 0.1) is 28.1 Å². The molecule has 1 fully saturated rings. The Balaban J connectivity index is 1.49. The molecule has 1 unspecified atom stereocenters. The van der Waals surface area contributed by atoms with E-state index >= 15 is 0 Å². The van der Waals surface area contributed by atoms with Crippen LogP contribution in [0.15, 0.2) is 59.5 Å². The maximum absolute atomic E-state index is 13.0. The lowest BCUT2D eigenvalue weighted by atomic mass is 9.99. The van der Waals surface area contributed by atoms with Gasteiger partial charge >= 0.3 is 6.36 Å². The van der Waals surface area contributed by atoms with Crippen LogP contribution < -0.4 is 4.74 Å². The van der Waals surface area contributed by atoms with Crippen LogP contribution in [-0.4, -0.2) is 33.8 Å². The number of rotatable bonds is 8. The first-order chi connectivity index (χ1) is 17.2. The number of benzene rings is 3. The highest BCUT2D eigenvalue weighted by Gasteiger charge is 2.33. The summed E-state index contributed by atoms with van der Waals surface area (Å²) < 4.78 is 43.1. The Labute approximate surface area is 219 Å². The zero-order chi connectivity index (χ0) is 25.4. The third kappa shape index (κ3) is 5.47. The maximum atomic E-state index is 13.0. The van der Waals surface area contributed by atoms with Gasteiger partial charge in [0.25, 0.3) is 0 Å². The van der Waals surface area contributed by atoms with Crippen molar-refractivity contribution in [1.82, 2.24) is 9.97 Å². The van der Waals surface area contributed by atoms with Gasteiger partial charge in [-0.25, -0.2) is 4.98 Å². The third-order valence-electron chi connectivity index (χ3n) is 6.05. The highest BCUT2D eigenvalue weighted by molar-refractivity contribution is 7.99. The fourth-order valence-corrected chi connectivity index (χ4v) is 5.83. The van der Waals surface area contributed by atoms with E-state index in [1.165, 1.54) is 35.9 Å². The Morgan fingerprint density at radius 3 is 2.50 bits per heavy atom. The van der Waals surface area contributed by atoms with Crippen molar-refractivity contribution in [3.63, 3.8) is 0 Å². The minimum absolute atomic E-state index is 0.0849. The highest BCUT2D eigenvalue weighted by atomic mass is 35.5. The molecule has 36 heavy (non-hydrogen) atoms. The second kappa shape index (κ2) is 10.2. The molecule has 0 saturated heterocycles. The molecule has 188 valence electrons. The monoisotopic (exact) mass is 552 g/mol. The molecule has 1 heterocycles. The summed E-state index contributed by atoms with van der Waals surface area (Å²) in [4.78, 5) is 8.94. The first-order valence-corrected chi connectivity index (χ1v) is 13.0. The van der Waals surface area contributed by atoms with Crippen molar-refractivity contribution in [3.8, 4) is 16.9 Å². The van der Waals surface area contributed by atoms with Crippen molar-refractivity contribution in [2.45, 2.75) is 30.0 Å². The molecule has 10 heteroatoms. The van der Waals surface area contributed by atoms with Gasteiger partial charge in [0.1, 0.15) is 17.1 Å². The molecule has 4 nitrogen and oxygen atoms in total. The van der Waals surface area contributed by atoms with Gasteiger partial charge in [0, 0.05) is 21.8 Å². The van der Waals surface area contributed by atoms with E-state index in [9.17, 15) is 18.3 Å². The van der Waals surface area contributed by atoms with Crippen molar-refractivity contribution < 1.29 is 23.0 Å². The number of H-pyrrole nitrogens is 1. The predicted octanol–water partition coefficient (Wildman–Crippen LogP) is 8.06. The number of aliphatic hydroxyl groups is 1. The van der Waals surface area contributed by atoms with E-state index < -0.39 is 18.0 Å². The number of ether oxygens (including phenoxy) is 1. The van der Waals surface area contributed by atoms with Gasteiger partial charge in [-0.15, -0.1) is 24.9 Å². The Morgan fingerprint density at radius 1 is 1.11 bits per heavy atom. The number of nitrogens with zero attached hydrogens (tertiary/aromatic N) is 1. The van der Waals surface area contributed by atoms with Crippen molar-refractivity contribution in [2.24, 2.45) is 5.92 Å². The Kier molecular flexibility index (Phi) is 7.14. The first kappa shape index (κ1) is 25.3. The molecule has 0 amide bonds. The van der Waals surface area contributed by atoms with Gasteiger partial charge in [0.15, 0.2) is 0 Å². The van der Waals surface area contributed by atoms with Crippen LogP contribution in [0, 0.1) is 5.92 Å². The second-order valence-corrected chi connectivity index (χ2v) is 10.5. The quantitative estimate of drug-likeness (QED) is 0.217. The second-order valence-electron chi connectivity index (χ2n) is 8.67. The minimum Gasteiger partial charge on any atom is -0.405 e. The number of thioether (sulfide) groups is 1. The van der Waals surface area contributed by atoms with Crippen molar-refractivity contribution in [2.75, 3.05) is 12.4 Å². The fourth-order valence-electron chi connectivity index (χ4n) is 4.04. The molecule has 4 aromatic rings. The van der Waals surface area contributed by atoms with Crippen LogP contribution in [0.5, 0.6) is 5.75 Å². The average Bonchev–Trinajstić information content (AvgIpc) is 3.57. The lowest BCUT2D eigenvalue weighted by Crippen LogP contribution is -2.17.